The van der Waals surface area contributed by atoms with Gasteiger partial charge in [0.05, 0.1) is 5.69 Å². The maximum absolute atomic E-state index is 13.0. The Balaban J connectivity index is 1.56. The molecule has 4 rings (SSSR count). The minimum Gasteiger partial charge on any atom is -0.345 e. The molecular weight excluding hydrogens is 418 g/mol. The zero-order valence-corrected chi connectivity index (χ0v) is 18.2. The van der Waals surface area contributed by atoms with E-state index in [4.69, 9.17) is 0 Å². The van der Waals surface area contributed by atoms with Gasteiger partial charge in [0.2, 0.25) is 10.0 Å². The van der Waals surface area contributed by atoms with Gasteiger partial charge in [-0.05, 0) is 43.2 Å². The maximum Gasteiger partial charge on any atom is 0.272 e. The molecule has 1 saturated heterocycles. The highest BCUT2D eigenvalue weighted by atomic mass is 32.2. The normalized spacial score (nSPS) is 14.7. The monoisotopic (exact) mass is 441 g/mol. The van der Waals surface area contributed by atoms with E-state index in [1.807, 2.05) is 54.6 Å². The van der Waals surface area contributed by atoms with Crippen molar-refractivity contribution in [1.82, 2.24) is 8.87 Å². The van der Waals surface area contributed by atoms with Gasteiger partial charge in [0, 0.05) is 36.1 Å². The van der Waals surface area contributed by atoms with Crippen molar-refractivity contribution in [1.29, 1.82) is 0 Å². The van der Waals surface area contributed by atoms with Gasteiger partial charge >= 0.3 is 0 Å². The van der Waals surface area contributed by atoms with E-state index in [9.17, 15) is 13.2 Å². The van der Waals surface area contributed by atoms with Crippen LogP contribution in [-0.2, 0) is 17.1 Å². The first-order valence-corrected chi connectivity index (χ1v) is 12.0. The van der Waals surface area contributed by atoms with Crippen LogP contribution in [0.25, 0.3) is 0 Å². The van der Waals surface area contributed by atoms with Crippen LogP contribution in [0, 0.1) is 0 Å². The molecule has 0 unspecified atom stereocenters. The predicted molar refractivity (Wildman–Crippen MR) is 118 cm³/mol. The van der Waals surface area contributed by atoms with Crippen LogP contribution >= 0.6 is 11.8 Å². The molecule has 1 aliphatic heterocycles. The van der Waals surface area contributed by atoms with Crippen molar-refractivity contribution in [2.45, 2.75) is 27.5 Å². The van der Waals surface area contributed by atoms with Crippen molar-refractivity contribution in [2.24, 2.45) is 7.05 Å². The van der Waals surface area contributed by atoms with Crippen LogP contribution in [0.5, 0.6) is 0 Å². The first-order chi connectivity index (χ1) is 14.4. The van der Waals surface area contributed by atoms with Gasteiger partial charge in [-0.3, -0.25) is 4.79 Å². The lowest BCUT2D eigenvalue weighted by Gasteiger charge is -2.13. The summed E-state index contributed by atoms with van der Waals surface area (Å²) in [5.74, 6) is -0.346. The van der Waals surface area contributed by atoms with E-state index in [0.717, 1.165) is 22.6 Å². The Morgan fingerprint density at radius 2 is 1.67 bits per heavy atom. The summed E-state index contributed by atoms with van der Waals surface area (Å²) in [5, 5.41) is 2.93. The zero-order valence-electron chi connectivity index (χ0n) is 16.6. The van der Waals surface area contributed by atoms with E-state index in [1.54, 1.807) is 23.4 Å². The molecule has 6 nitrogen and oxygen atoms in total. The van der Waals surface area contributed by atoms with Crippen LogP contribution in [0.2, 0.25) is 0 Å². The van der Waals surface area contributed by atoms with Crippen molar-refractivity contribution in [3.8, 4) is 0 Å². The Labute approximate surface area is 181 Å². The van der Waals surface area contributed by atoms with E-state index in [0.29, 0.717) is 24.5 Å². The molecule has 156 valence electrons. The molecule has 30 heavy (non-hydrogen) atoms. The summed E-state index contributed by atoms with van der Waals surface area (Å²) < 4.78 is 28.7. The Bertz CT molecular complexity index is 1150. The summed E-state index contributed by atoms with van der Waals surface area (Å²) in [6.45, 7) is 1.06. The van der Waals surface area contributed by atoms with Crippen molar-refractivity contribution in [3.63, 3.8) is 0 Å². The lowest BCUT2D eigenvalue weighted by molar-refractivity contribution is 0.101. The van der Waals surface area contributed by atoms with Gasteiger partial charge in [-0.25, -0.2) is 8.42 Å². The Hall–Kier alpha value is -2.55. The third kappa shape index (κ3) is 4.30. The Morgan fingerprint density at radius 1 is 1.00 bits per heavy atom. The highest BCUT2D eigenvalue weighted by Crippen LogP contribution is 2.33. The highest BCUT2D eigenvalue weighted by Gasteiger charge is 2.29. The first-order valence-electron chi connectivity index (χ1n) is 9.75. The van der Waals surface area contributed by atoms with Gasteiger partial charge in [0.15, 0.2) is 0 Å². The third-order valence-corrected chi connectivity index (χ3v) is 7.97. The number of carbonyl (C=O) groups is 1. The van der Waals surface area contributed by atoms with Gasteiger partial charge in [0.25, 0.3) is 5.91 Å². The SMILES string of the molecule is Cn1cc(S(=O)(=O)N2CCCC2)cc1C(=O)Nc1ccccc1Sc1ccccc1. The Morgan fingerprint density at radius 3 is 2.40 bits per heavy atom. The number of aromatic nitrogens is 1. The minimum atomic E-state index is -3.57. The molecule has 1 N–H and O–H groups in total. The fourth-order valence-corrected chi connectivity index (χ4v) is 5.95. The summed E-state index contributed by atoms with van der Waals surface area (Å²) in [7, 11) is -1.88. The molecule has 1 aromatic heterocycles. The van der Waals surface area contributed by atoms with Crippen LogP contribution in [0.4, 0.5) is 5.69 Å². The number of hydrogen-bond donors (Lipinski definition) is 1. The molecule has 0 atom stereocenters. The van der Waals surface area contributed by atoms with Gasteiger partial charge in [-0.15, -0.1) is 0 Å². The largest absolute Gasteiger partial charge is 0.345 e. The van der Waals surface area contributed by atoms with E-state index in [2.05, 4.69) is 5.32 Å². The van der Waals surface area contributed by atoms with E-state index < -0.39 is 10.0 Å². The number of para-hydroxylation sites is 1. The summed E-state index contributed by atoms with van der Waals surface area (Å²) >= 11 is 1.56. The average Bonchev–Trinajstić information content (AvgIpc) is 3.41. The average molecular weight is 442 g/mol. The van der Waals surface area contributed by atoms with E-state index in [-0.39, 0.29) is 10.8 Å². The summed E-state index contributed by atoms with van der Waals surface area (Å²) in [5.41, 5.74) is 0.980. The topological polar surface area (TPSA) is 71.4 Å². The lowest BCUT2D eigenvalue weighted by atomic mass is 10.3. The van der Waals surface area contributed by atoms with Crippen LogP contribution in [0.15, 0.2) is 81.5 Å². The predicted octanol–water partition coefficient (Wildman–Crippen LogP) is 4.21. The zero-order chi connectivity index (χ0) is 21.1. The fraction of sp³-hybridized carbons (Fsp3) is 0.227. The van der Waals surface area contributed by atoms with Crippen LogP contribution in [0.3, 0.4) is 0 Å². The molecular formula is C22H23N3O3S2. The number of benzene rings is 2. The van der Waals surface area contributed by atoms with Crippen LogP contribution < -0.4 is 5.32 Å². The number of nitrogens with zero attached hydrogens (tertiary/aromatic N) is 2. The second kappa shape index (κ2) is 8.67. The standard InChI is InChI=1S/C22H23N3O3S2/c1-24-16-18(30(27,28)25-13-7-8-14-25)15-20(24)22(26)23-19-11-5-6-12-21(19)29-17-9-3-2-4-10-17/h2-6,9-12,15-16H,7-8,13-14H2,1H3,(H,23,26). The highest BCUT2D eigenvalue weighted by molar-refractivity contribution is 7.99. The number of anilines is 1. The number of rotatable bonds is 6. The molecule has 1 fully saturated rings. The summed E-state index contributed by atoms with van der Waals surface area (Å²) in [6.07, 6.45) is 3.25. The first kappa shape index (κ1) is 20.7. The van der Waals surface area contributed by atoms with Crippen LogP contribution in [0.1, 0.15) is 23.3 Å². The molecule has 1 amide bonds. The van der Waals surface area contributed by atoms with E-state index >= 15 is 0 Å². The summed E-state index contributed by atoms with van der Waals surface area (Å²) in [6, 6.07) is 18.9. The second-order valence-electron chi connectivity index (χ2n) is 7.15. The maximum atomic E-state index is 13.0. The number of sulfonamides is 1. The molecule has 2 heterocycles. The molecule has 3 aromatic rings. The molecule has 0 saturated carbocycles. The van der Waals surface area contributed by atoms with Gasteiger partial charge < -0.3 is 9.88 Å². The van der Waals surface area contributed by atoms with Crippen LogP contribution in [-0.4, -0.2) is 36.3 Å². The van der Waals surface area contributed by atoms with Gasteiger partial charge in [-0.2, -0.15) is 4.31 Å². The van der Waals surface area contributed by atoms with Crippen molar-refractivity contribution in [3.05, 3.63) is 72.6 Å². The fourth-order valence-electron chi connectivity index (χ4n) is 3.44. The van der Waals surface area contributed by atoms with Crippen molar-refractivity contribution in [2.75, 3.05) is 18.4 Å². The molecule has 0 spiro atoms. The lowest BCUT2D eigenvalue weighted by Crippen LogP contribution is -2.27. The van der Waals surface area contributed by atoms with Crippen molar-refractivity contribution < 1.29 is 13.2 Å². The molecule has 0 bridgehead atoms. The van der Waals surface area contributed by atoms with Crippen molar-refractivity contribution >= 4 is 33.4 Å². The van der Waals surface area contributed by atoms with Gasteiger partial charge in [-0.1, -0.05) is 42.1 Å². The molecule has 2 aromatic carbocycles. The molecule has 1 aliphatic rings. The quantitative estimate of drug-likeness (QED) is 0.622. The number of aryl methyl sites for hydroxylation is 1. The number of nitrogens with one attached hydrogen (secondary N) is 1. The number of hydrogen-bond acceptors (Lipinski definition) is 4. The molecule has 0 aliphatic carbocycles. The molecule has 8 heteroatoms. The number of carbonyl (C=O) groups excluding carboxylic acids is 1. The Kier molecular flexibility index (Phi) is 5.99. The number of amides is 1. The minimum absolute atomic E-state index is 0.156. The third-order valence-electron chi connectivity index (χ3n) is 5.02. The molecule has 0 radical (unpaired) electrons. The second-order valence-corrected chi connectivity index (χ2v) is 10.2. The van der Waals surface area contributed by atoms with E-state index in [1.165, 1.54) is 16.6 Å². The smallest absolute Gasteiger partial charge is 0.272 e. The van der Waals surface area contributed by atoms with Gasteiger partial charge in [0.1, 0.15) is 10.6 Å². The summed E-state index contributed by atoms with van der Waals surface area (Å²) in [4.78, 5) is 15.1.